The molecule has 7 nitrogen and oxygen atoms in total. The number of aromatic nitrogens is 2. The number of methoxy groups -OCH3 is 1. The summed E-state index contributed by atoms with van der Waals surface area (Å²) in [5.41, 5.74) is 0.968. The van der Waals surface area contributed by atoms with Crippen molar-refractivity contribution in [2.45, 2.75) is 20.1 Å². The Balaban J connectivity index is 1.81. The van der Waals surface area contributed by atoms with Gasteiger partial charge in [-0.2, -0.15) is 0 Å². The van der Waals surface area contributed by atoms with Gasteiger partial charge < -0.3 is 9.47 Å². The Labute approximate surface area is 152 Å². The van der Waals surface area contributed by atoms with E-state index in [9.17, 15) is 14.4 Å². The first-order valence-electron chi connectivity index (χ1n) is 7.77. The fourth-order valence-corrected chi connectivity index (χ4v) is 3.54. The number of hydrogen-bond acceptors (Lipinski definition) is 7. The van der Waals surface area contributed by atoms with Crippen molar-refractivity contribution in [3.05, 3.63) is 63.0 Å². The standard InChI is InChI=1S/C18H16N2O5S/c1-11-14-16(26-15(11)18(23)24-2)19-10-20(17(14)22)8-13(21)25-9-12-6-4-3-5-7-12/h3-7,10H,8-9H2,1-2H3. The number of esters is 2. The summed E-state index contributed by atoms with van der Waals surface area (Å²) in [7, 11) is 1.28. The Morgan fingerprint density at radius 3 is 2.65 bits per heavy atom. The minimum absolute atomic E-state index is 0.133. The molecule has 1 aromatic carbocycles. The summed E-state index contributed by atoms with van der Waals surface area (Å²) in [5, 5.41) is 0.314. The Morgan fingerprint density at radius 1 is 1.23 bits per heavy atom. The zero-order valence-electron chi connectivity index (χ0n) is 14.2. The average molecular weight is 372 g/mol. The summed E-state index contributed by atoms with van der Waals surface area (Å²) < 4.78 is 11.1. The van der Waals surface area contributed by atoms with E-state index in [-0.39, 0.29) is 13.2 Å². The highest BCUT2D eigenvalue weighted by molar-refractivity contribution is 7.20. The molecule has 0 atom stereocenters. The molecule has 3 rings (SSSR count). The lowest BCUT2D eigenvalue weighted by Gasteiger charge is -2.07. The summed E-state index contributed by atoms with van der Waals surface area (Å²) in [6.07, 6.45) is 1.28. The van der Waals surface area contributed by atoms with Gasteiger partial charge in [-0.05, 0) is 18.1 Å². The van der Waals surface area contributed by atoms with Crippen LogP contribution < -0.4 is 5.56 Å². The van der Waals surface area contributed by atoms with Crippen LogP contribution in [0.2, 0.25) is 0 Å². The third kappa shape index (κ3) is 3.50. The molecule has 0 aliphatic rings. The number of benzene rings is 1. The fraction of sp³-hybridized carbons (Fsp3) is 0.222. The molecule has 8 heteroatoms. The minimum atomic E-state index is -0.543. The first-order chi connectivity index (χ1) is 12.5. The first-order valence-corrected chi connectivity index (χ1v) is 8.59. The molecule has 0 spiro atoms. The molecule has 2 aromatic heterocycles. The van der Waals surface area contributed by atoms with Gasteiger partial charge >= 0.3 is 11.9 Å². The van der Waals surface area contributed by atoms with Crippen molar-refractivity contribution in [3.8, 4) is 0 Å². The number of fused-ring (bicyclic) bond motifs is 1. The van der Waals surface area contributed by atoms with Crippen molar-refractivity contribution >= 4 is 33.5 Å². The molecule has 0 amide bonds. The maximum atomic E-state index is 12.7. The highest BCUT2D eigenvalue weighted by atomic mass is 32.1. The second kappa shape index (κ2) is 7.49. The number of ether oxygens (including phenoxy) is 2. The number of carbonyl (C=O) groups is 2. The van der Waals surface area contributed by atoms with Gasteiger partial charge in [-0.25, -0.2) is 9.78 Å². The highest BCUT2D eigenvalue weighted by Crippen LogP contribution is 2.27. The molecule has 134 valence electrons. The van der Waals surface area contributed by atoms with E-state index in [4.69, 9.17) is 9.47 Å². The number of thiophene rings is 1. The lowest BCUT2D eigenvalue weighted by Crippen LogP contribution is -2.25. The van der Waals surface area contributed by atoms with Crippen molar-refractivity contribution in [2.24, 2.45) is 0 Å². The Bertz CT molecular complexity index is 1020. The summed E-state index contributed by atoms with van der Waals surface area (Å²) in [4.78, 5) is 41.4. The van der Waals surface area contributed by atoms with E-state index in [0.29, 0.717) is 20.7 Å². The fourth-order valence-electron chi connectivity index (χ4n) is 2.48. The number of rotatable bonds is 5. The van der Waals surface area contributed by atoms with Crippen LogP contribution in [0, 0.1) is 6.92 Å². The molecule has 0 bridgehead atoms. The van der Waals surface area contributed by atoms with Crippen LogP contribution in [-0.2, 0) is 27.4 Å². The van der Waals surface area contributed by atoms with E-state index < -0.39 is 17.5 Å². The molecule has 0 aliphatic carbocycles. The van der Waals surface area contributed by atoms with Gasteiger partial charge in [0.2, 0.25) is 0 Å². The Hall–Kier alpha value is -3.00. The molecule has 2 heterocycles. The van der Waals surface area contributed by atoms with Crippen molar-refractivity contribution in [3.63, 3.8) is 0 Å². The van der Waals surface area contributed by atoms with E-state index >= 15 is 0 Å². The minimum Gasteiger partial charge on any atom is -0.465 e. The average Bonchev–Trinajstić information content (AvgIpc) is 3.00. The van der Waals surface area contributed by atoms with Crippen molar-refractivity contribution < 1.29 is 19.1 Å². The summed E-state index contributed by atoms with van der Waals surface area (Å²) >= 11 is 1.09. The molecule has 0 aliphatic heterocycles. The zero-order valence-corrected chi connectivity index (χ0v) is 15.0. The summed E-state index contributed by atoms with van der Waals surface area (Å²) in [6.45, 7) is 1.54. The van der Waals surface area contributed by atoms with Gasteiger partial charge in [-0.3, -0.25) is 14.2 Å². The van der Waals surface area contributed by atoms with Crippen LogP contribution in [0.25, 0.3) is 10.2 Å². The molecule has 0 unspecified atom stereocenters. The lowest BCUT2D eigenvalue weighted by molar-refractivity contribution is -0.145. The molecule has 0 fully saturated rings. The largest absolute Gasteiger partial charge is 0.465 e. The lowest BCUT2D eigenvalue weighted by atomic mass is 10.2. The normalized spacial score (nSPS) is 10.7. The van der Waals surface area contributed by atoms with Gasteiger partial charge in [-0.15, -0.1) is 11.3 Å². The van der Waals surface area contributed by atoms with Crippen molar-refractivity contribution in [1.82, 2.24) is 9.55 Å². The molecule has 0 saturated carbocycles. The van der Waals surface area contributed by atoms with Gasteiger partial charge in [-0.1, -0.05) is 30.3 Å². The third-order valence-corrected chi connectivity index (χ3v) is 5.01. The number of nitrogens with zero attached hydrogens (tertiary/aromatic N) is 2. The predicted octanol–water partition coefficient (Wildman–Crippen LogP) is 2.30. The van der Waals surface area contributed by atoms with E-state index in [2.05, 4.69) is 4.98 Å². The predicted molar refractivity (Wildman–Crippen MR) is 96.2 cm³/mol. The van der Waals surface area contributed by atoms with Crippen LogP contribution in [0.15, 0.2) is 41.5 Å². The monoisotopic (exact) mass is 372 g/mol. The Kier molecular flexibility index (Phi) is 5.13. The molecule has 0 N–H and O–H groups in total. The number of carbonyl (C=O) groups excluding carboxylic acids is 2. The number of aryl methyl sites for hydroxylation is 1. The highest BCUT2D eigenvalue weighted by Gasteiger charge is 2.20. The van der Waals surface area contributed by atoms with Crippen LogP contribution in [0.3, 0.4) is 0 Å². The topological polar surface area (TPSA) is 87.5 Å². The summed E-state index contributed by atoms with van der Waals surface area (Å²) in [6, 6.07) is 9.26. The maximum Gasteiger partial charge on any atom is 0.348 e. The first kappa shape index (κ1) is 17.8. The van der Waals surface area contributed by atoms with Gasteiger partial charge in [0.25, 0.3) is 5.56 Å². The van der Waals surface area contributed by atoms with Crippen LogP contribution >= 0.6 is 11.3 Å². The van der Waals surface area contributed by atoms with E-state index in [1.54, 1.807) is 6.92 Å². The van der Waals surface area contributed by atoms with E-state index in [1.807, 2.05) is 30.3 Å². The maximum absolute atomic E-state index is 12.7. The van der Waals surface area contributed by atoms with Gasteiger partial charge in [0, 0.05) is 0 Å². The zero-order chi connectivity index (χ0) is 18.7. The quantitative estimate of drug-likeness (QED) is 0.639. The van der Waals surface area contributed by atoms with Gasteiger partial charge in [0.15, 0.2) is 0 Å². The van der Waals surface area contributed by atoms with Gasteiger partial charge in [0.05, 0.1) is 18.8 Å². The van der Waals surface area contributed by atoms with Crippen LogP contribution in [0.4, 0.5) is 0 Å². The second-order valence-corrected chi connectivity index (χ2v) is 6.55. The smallest absolute Gasteiger partial charge is 0.348 e. The molecular formula is C18H16N2O5S. The molecule has 26 heavy (non-hydrogen) atoms. The molecule has 0 saturated heterocycles. The molecule has 0 radical (unpaired) electrons. The summed E-state index contributed by atoms with van der Waals surface area (Å²) in [5.74, 6) is -1.06. The molecular weight excluding hydrogens is 356 g/mol. The van der Waals surface area contributed by atoms with Crippen molar-refractivity contribution in [2.75, 3.05) is 7.11 Å². The molecule has 3 aromatic rings. The SMILES string of the molecule is COC(=O)c1sc2ncn(CC(=O)OCc3ccccc3)c(=O)c2c1C. The second-order valence-electron chi connectivity index (χ2n) is 5.55. The van der Waals surface area contributed by atoms with Crippen LogP contribution in [0.5, 0.6) is 0 Å². The third-order valence-electron chi connectivity index (χ3n) is 3.83. The van der Waals surface area contributed by atoms with E-state index in [1.165, 1.54) is 18.0 Å². The van der Waals surface area contributed by atoms with Gasteiger partial charge in [0.1, 0.15) is 22.9 Å². The van der Waals surface area contributed by atoms with Crippen LogP contribution in [0.1, 0.15) is 20.8 Å². The Morgan fingerprint density at radius 2 is 1.96 bits per heavy atom. The van der Waals surface area contributed by atoms with Crippen molar-refractivity contribution in [1.29, 1.82) is 0 Å². The number of hydrogen-bond donors (Lipinski definition) is 0. The van der Waals surface area contributed by atoms with E-state index in [0.717, 1.165) is 16.9 Å². The van der Waals surface area contributed by atoms with Crippen LogP contribution in [-0.4, -0.2) is 28.6 Å².